The van der Waals surface area contributed by atoms with Gasteiger partial charge in [-0.15, -0.1) is 0 Å². The van der Waals surface area contributed by atoms with Gasteiger partial charge in [0.2, 0.25) is 5.91 Å². The van der Waals surface area contributed by atoms with Crippen molar-refractivity contribution in [2.24, 2.45) is 0 Å². The van der Waals surface area contributed by atoms with E-state index in [9.17, 15) is 19.0 Å². The van der Waals surface area contributed by atoms with Gasteiger partial charge in [0.1, 0.15) is 19.3 Å². The molecule has 3 atom stereocenters. The van der Waals surface area contributed by atoms with Crippen molar-refractivity contribution in [2.75, 3.05) is 40.9 Å². The molecule has 0 aromatic heterocycles. The van der Waals surface area contributed by atoms with E-state index in [1.165, 1.54) is 103 Å². The minimum atomic E-state index is -4.47. The Kier molecular flexibility index (Phi) is 50.2. The van der Waals surface area contributed by atoms with E-state index in [-0.39, 0.29) is 37.9 Å². The number of amides is 1. The normalized spacial score (nSPS) is 14.5. The quantitative estimate of drug-likeness (QED) is 0.0205. The summed E-state index contributed by atoms with van der Waals surface area (Å²) in [5, 5.41) is 3.01. The Labute approximate surface area is 449 Å². The van der Waals surface area contributed by atoms with Crippen molar-refractivity contribution in [1.29, 1.82) is 0 Å². The zero-order chi connectivity index (χ0) is 53.6. The van der Waals surface area contributed by atoms with E-state index in [2.05, 4.69) is 111 Å². The number of nitrogens with one attached hydrogen (secondary N) is 1. The molecular formula is C63H112N2O7P+. The van der Waals surface area contributed by atoms with E-state index < -0.39 is 20.0 Å². The molecule has 0 saturated carbocycles. The zero-order valence-electron chi connectivity index (χ0n) is 47.8. The number of rotatable bonds is 52. The Morgan fingerprint density at radius 3 is 1.37 bits per heavy atom. The fourth-order valence-corrected chi connectivity index (χ4v) is 8.68. The number of hydrogen-bond donors (Lipinski definition) is 2. The molecule has 0 bridgehead atoms. The highest BCUT2D eigenvalue weighted by atomic mass is 31.2. The number of carbonyl (C=O) groups is 2. The molecule has 0 heterocycles. The summed E-state index contributed by atoms with van der Waals surface area (Å²) in [5.74, 6) is -0.586. The summed E-state index contributed by atoms with van der Waals surface area (Å²) < 4.78 is 30.6. The maximum absolute atomic E-state index is 13.5. The summed E-state index contributed by atoms with van der Waals surface area (Å²) in [6, 6.07) is -0.886. The molecule has 3 unspecified atom stereocenters. The van der Waals surface area contributed by atoms with Gasteiger partial charge in [0, 0.05) is 12.8 Å². The first-order valence-electron chi connectivity index (χ1n) is 29.6. The molecule has 0 rings (SSSR count). The molecule has 2 N–H and O–H groups in total. The van der Waals surface area contributed by atoms with E-state index in [4.69, 9.17) is 13.8 Å². The van der Waals surface area contributed by atoms with Crippen LogP contribution in [0.2, 0.25) is 0 Å². The number of nitrogens with zero attached hydrogens (tertiary/aromatic N) is 1. The van der Waals surface area contributed by atoms with Crippen LogP contribution in [0.3, 0.4) is 0 Å². The second-order valence-corrected chi connectivity index (χ2v) is 22.2. The smallest absolute Gasteiger partial charge is 0.456 e. The van der Waals surface area contributed by atoms with Crippen molar-refractivity contribution < 1.29 is 37.3 Å². The fraction of sp³-hybridized carbons (Fsp3) is 0.714. The van der Waals surface area contributed by atoms with Gasteiger partial charge in [0.25, 0.3) is 0 Å². The van der Waals surface area contributed by atoms with Gasteiger partial charge in [-0.1, -0.05) is 221 Å². The second kappa shape index (κ2) is 52.4. The van der Waals surface area contributed by atoms with Gasteiger partial charge in [0.15, 0.2) is 0 Å². The largest absolute Gasteiger partial charge is 0.472 e. The molecule has 0 aromatic carbocycles. The van der Waals surface area contributed by atoms with Crippen molar-refractivity contribution in [2.45, 2.75) is 251 Å². The summed E-state index contributed by atoms with van der Waals surface area (Å²) in [7, 11) is 1.44. The van der Waals surface area contributed by atoms with Gasteiger partial charge >= 0.3 is 13.8 Å². The van der Waals surface area contributed by atoms with Crippen molar-refractivity contribution >= 4 is 19.7 Å². The highest BCUT2D eigenvalue weighted by Crippen LogP contribution is 2.43. The average molecular weight is 1040 g/mol. The lowest BCUT2D eigenvalue weighted by atomic mass is 10.0. The molecule has 73 heavy (non-hydrogen) atoms. The molecule has 420 valence electrons. The number of esters is 1. The maximum Gasteiger partial charge on any atom is 0.472 e. The number of carbonyl (C=O) groups excluding carboxylic acids is 2. The summed E-state index contributed by atoms with van der Waals surface area (Å²) in [6.45, 7) is 6.81. The highest BCUT2D eigenvalue weighted by molar-refractivity contribution is 7.47. The van der Waals surface area contributed by atoms with Gasteiger partial charge in [0.05, 0.1) is 33.8 Å². The van der Waals surface area contributed by atoms with E-state index in [0.29, 0.717) is 17.4 Å². The lowest BCUT2D eigenvalue weighted by molar-refractivity contribution is -0.870. The molecule has 0 aliphatic heterocycles. The van der Waals surface area contributed by atoms with Crippen LogP contribution < -0.4 is 5.32 Å². The van der Waals surface area contributed by atoms with Gasteiger partial charge in [-0.3, -0.25) is 18.6 Å². The van der Waals surface area contributed by atoms with Crippen LogP contribution in [0.5, 0.6) is 0 Å². The van der Waals surface area contributed by atoms with Crippen molar-refractivity contribution in [3.05, 3.63) is 97.2 Å². The third-order valence-electron chi connectivity index (χ3n) is 12.5. The molecule has 0 fully saturated rings. The van der Waals surface area contributed by atoms with E-state index >= 15 is 0 Å². The summed E-state index contributed by atoms with van der Waals surface area (Å²) in [4.78, 5) is 37.6. The standard InChI is InChI=1S/C63H111N2O7P/c1-7-10-13-16-19-22-25-28-30-32-34-37-40-43-46-49-52-55-62(66)64-60(59-71-73(68,69)70-58-57-65(4,5)6)61(54-51-48-45-42-39-36-27-24-21-18-15-12-9-3)72-63(67)56-53-50-47-44-41-38-35-33-31-29-26-23-20-17-14-11-8-2/h10,13,19-20,22-23,28-31,34,37,43,46,51,54,60-61H,7-9,11-12,14-18,21,24-27,32-33,35-36,38-42,44-45,47-50,52-53,55-59H2,1-6H3,(H-,64,66,68,69)/p+1/b13-10-,22-19-,23-20-,30-28-,31-29-,37-34-,46-43-,54-51+. The highest BCUT2D eigenvalue weighted by Gasteiger charge is 2.30. The number of phosphoric acid groups is 1. The second-order valence-electron chi connectivity index (χ2n) is 20.8. The summed E-state index contributed by atoms with van der Waals surface area (Å²) in [5.41, 5.74) is 0. The SMILES string of the molecule is CC/C=C\C/C=C\C/C=C\C/C=C\C/C=C\CCCC(=O)NC(COP(=O)(O)OCC[N+](C)(C)C)C(/C=C/CCCCCCCCCCCCC)OC(=O)CCCCCCCCC/C=C\C/C=C\CCCCC. The van der Waals surface area contributed by atoms with Crippen molar-refractivity contribution in [3.63, 3.8) is 0 Å². The monoisotopic (exact) mass is 1040 g/mol. The summed E-state index contributed by atoms with van der Waals surface area (Å²) in [6.07, 6.45) is 69.8. The van der Waals surface area contributed by atoms with Gasteiger partial charge in [-0.05, 0) is 102 Å². The minimum absolute atomic E-state index is 0.0239. The van der Waals surface area contributed by atoms with Crippen LogP contribution in [-0.4, -0.2) is 74.3 Å². The Balaban J connectivity index is 5.46. The number of likely N-dealkylation sites (N-methyl/N-ethyl adjacent to an activating group) is 1. The molecule has 0 aromatic rings. The lowest BCUT2D eigenvalue weighted by Gasteiger charge is -2.27. The number of hydrogen-bond acceptors (Lipinski definition) is 6. The Morgan fingerprint density at radius 1 is 0.493 bits per heavy atom. The molecule has 0 aliphatic carbocycles. The van der Waals surface area contributed by atoms with E-state index in [0.717, 1.165) is 96.3 Å². The van der Waals surface area contributed by atoms with E-state index in [1.54, 1.807) is 0 Å². The van der Waals surface area contributed by atoms with Gasteiger partial charge in [-0.25, -0.2) is 4.57 Å². The van der Waals surface area contributed by atoms with E-state index in [1.807, 2.05) is 33.3 Å². The molecule has 0 spiro atoms. The number of phosphoric ester groups is 1. The molecule has 0 aliphatic rings. The van der Waals surface area contributed by atoms with Crippen LogP contribution in [0, 0.1) is 0 Å². The first-order valence-corrected chi connectivity index (χ1v) is 31.1. The maximum atomic E-state index is 13.5. The fourth-order valence-electron chi connectivity index (χ4n) is 7.95. The molecular weight excluding hydrogens is 928 g/mol. The Hall–Kier alpha value is -3.07. The third kappa shape index (κ3) is 53.6. The predicted molar refractivity (Wildman–Crippen MR) is 314 cm³/mol. The first-order chi connectivity index (χ1) is 35.4. The van der Waals surface area contributed by atoms with Crippen molar-refractivity contribution in [1.82, 2.24) is 5.32 Å². The molecule has 10 heteroatoms. The van der Waals surface area contributed by atoms with Crippen LogP contribution in [0.15, 0.2) is 97.2 Å². The van der Waals surface area contributed by atoms with Gasteiger partial charge < -0.3 is 19.4 Å². The molecule has 1 amide bonds. The minimum Gasteiger partial charge on any atom is -0.456 e. The predicted octanol–water partition coefficient (Wildman–Crippen LogP) is 18.0. The van der Waals surface area contributed by atoms with Crippen LogP contribution >= 0.6 is 7.82 Å². The number of ether oxygens (including phenoxy) is 1. The van der Waals surface area contributed by atoms with Crippen LogP contribution in [-0.2, 0) is 27.9 Å². The topological polar surface area (TPSA) is 111 Å². The number of allylic oxidation sites excluding steroid dienone is 15. The molecule has 9 nitrogen and oxygen atoms in total. The molecule has 0 saturated heterocycles. The van der Waals surface area contributed by atoms with Crippen LogP contribution in [0.1, 0.15) is 239 Å². The van der Waals surface area contributed by atoms with Crippen LogP contribution in [0.25, 0.3) is 0 Å². The average Bonchev–Trinajstić information content (AvgIpc) is 3.35. The van der Waals surface area contributed by atoms with Crippen LogP contribution in [0.4, 0.5) is 0 Å². The Bertz CT molecular complexity index is 1570. The number of quaternary nitrogens is 1. The third-order valence-corrected chi connectivity index (χ3v) is 13.5. The Morgan fingerprint density at radius 2 is 0.890 bits per heavy atom. The zero-order valence-corrected chi connectivity index (χ0v) is 48.7. The number of unbranched alkanes of at least 4 members (excludes halogenated alkanes) is 22. The summed E-state index contributed by atoms with van der Waals surface area (Å²) >= 11 is 0. The van der Waals surface area contributed by atoms with Gasteiger partial charge in [-0.2, -0.15) is 0 Å². The lowest BCUT2D eigenvalue weighted by Crippen LogP contribution is -2.47. The van der Waals surface area contributed by atoms with Crippen molar-refractivity contribution in [3.8, 4) is 0 Å². The molecule has 0 radical (unpaired) electrons. The first kappa shape index (κ1) is 69.9.